The van der Waals surface area contributed by atoms with Gasteiger partial charge in [-0.1, -0.05) is 38.5 Å². The Hall–Kier alpha value is -1.36. The van der Waals surface area contributed by atoms with E-state index in [0.717, 1.165) is 18.9 Å². The molecule has 2 fully saturated rings. The molecule has 24 heavy (non-hydrogen) atoms. The number of hydrogen-bond acceptors (Lipinski definition) is 3. The van der Waals surface area contributed by atoms with Gasteiger partial charge in [0.1, 0.15) is 5.69 Å². The van der Waals surface area contributed by atoms with E-state index in [9.17, 15) is 4.79 Å². The van der Waals surface area contributed by atoms with Crippen molar-refractivity contribution >= 4 is 5.91 Å². The zero-order chi connectivity index (χ0) is 16.8. The van der Waals surface area contributed by atoms with Crippen LogP contribution in [-0.2, 0) is 0 Å². The van der Waals surface area contributed by atoms with Crippen molar-refractivity contribution in [3.63, 3.8) is 0 Å². The highest BCUT2D eigenvalue weighted by Crippen LogP contribution is 2.27. The molecule has 0 aromatic carbocycles. The second-order valence-corrected chi connectivity index (χ2v) is 7.50. The van der Waals surface area contributed by atoms with E-state index < -0.39 is 0 Å². The summed E-state index contributed by atoms with van der Waals surface area (Å²) in [6, 6.07) is 2.23. The highest BCUT2D eigenvalue weighted by atomic mass is 16.1. The summed E-state index contributed by atoms with van der Waals surface area (Å²) in [6.07, 6.45) is 14.3. The minimum absolute atomic E-state index is 0.102. The molecule has 2 heterocycles. The Morgan fingerprint density at radius 1 is 1.21 bits per heavy atom. The normalized spacial score (nSPS) is 23.8. The number of amides is 1. The molecule has 1 atom stereocenters. The fourth-order valence-electron chi connectivity index (χ4n) is 4.26. The molecule has 2 aliphatic rings. The van der Waals surface area contributed by atoms with E-state index in [4.69, 9.17) is 0 Å². The zero-order valence-electron chi connectivity index (χ0n) is 15.0. The molecule has 0 spiro atoms. The van der Waals surface area contributed by atoms with Crippen molar-refractivity contribution < 1.29 is 4.79 Å². The summed E-state index contributed by atoms with van der Waals surface area (Å²) in [5.41, 5.74) is 0.521. The average molecular weight is 332 g/mol. The molecule has 5 nitrogen and oxygen atoms in total. The lowest BCUT2D eigenvalue weighted by atomic mass is 9.95. The summed E-state index contributed by atoms with van der Waals surface area (Å²) >= 11 is 0. The molecule has 1 aliphatic carbocycles. The van der Waals surface area contributed by atoms with Crippen LogP contribution < -0.4 is 5.32 Å². The number of carbonyl (C=O) groups is 1. The lowest BCUT2D eigenvalue weighted by Gasteiger charge is -2.33. The van der Waals surface area contributed by atoms with Gasteiger partial charge in [-0.15, -0.1) is 0 Å². The predicted molar refractivity (Wildman–Crippen MR) is 96.1 cm³/mol. The summed E-state index contributed by atoms with van der Waals surface area (Å²) in [6.45, 7) is 3.51. The van der Waals surface area contributed by atoms with E-state index in [2.05, 4.69) is 15.3 Å². The Balaban J connectivity index is 1.50. The molecular weight excluding hydrogens is 300 g/mol. The number of carbonyl (C=O) groups excluding carboxylic acids is 1. The van der Waals surface area contributed by atoms with Crippen LogP contribution in [0.3, 0.4) is 0 Å². The van der Waals surface area contributed by atoms with E-state index in [1.165, 1.54) is 64.5 Å². The third-order valence-electron chi connectivity index (χ3n) is 5.75. The molecule has 0 unspecified atom stereocenters. The molecule has 134 valence electrons. The number of aromatic nitrogens is 2. The minimum atomic E-state index is -0.102. The number of rotatable bonds is 5. The van der Waals surface area contributed by atoms with Gasteiger partial charge in [0.2, 0.25) is 0 Å². The Morgan fingerprint density at radius 2 is 2.00 bits per heavy atom. The van der Waals surface area contributed by atoms with Crippen LogP contribution in [-0.4, -0.2) is 47.3 Å². The highest BCUT2D eigenvalue weighted by molar-refractivity contribution is 5.91. The van der Waals surface area contributed by atoms with Gasteiger partial charge < -0.3 is 10.2 Å². The predicted octanol–water partition coefficient (Wildman–Crippen LogP) is 3.24. The van der Waals surface area contributed by atoms with Gasteiger partial charge >= 0.3 is 0 Å². The van der Waals surface area contributed by atoms with Gasteiger partial charge in [-0.25, -0.2) is 0 Å². The second kappa shape index (κ2) is 8.65. The van der Waals surface area contributed by atoms with Crippen molar-refractivity contribution in [2.75, 3.05) is 26.7 Å². The van der Waals surface area contributed by atoms with E-state index in [0.29, 0.717) is 11.7 Å². The summed E-state index contributed by atoms with van der Waals surface area (Å²) in [7, 11) is 1.65. The van der Waals surface area contributed by atoms with Crippen LogP contribution >= 0.6 is 0 Å². The molecule has 0 radical (unpaired) electrons. The molecule has 1 aliphatic heterocycles. The maximum Gasteiger partial charge on any atom is 0.271 e. The molecule has 0 bridgehead atoms. The number of nitrogens with zero attached hydrogens (tertiary/aromatic N) is 3. The minimum Gasteiger partial charge on any atom is -0.354 e. The number of hydrogen-bond donors (Lipinski definition) is 1. The number of piperidine rings is 1. The van der Waals surface area contributed by atoms with Crippen LogP contribution in [0.2, 0.25) is 0 Å². The molecular formula is C19H32N4O. The summed E-state index contributed by atoms with van der Waals surface area (Å²) < 4.78 is 2.00. The first-order valence-corrected chi connectivity index (χ1v) is 9.76. The van der Waals surface area contributed by atoms with Crippen LogP contribution in [0, 0.1) is 5.92 Å². The fourth-order valence-corrected chi connectivity index (χ4v) is 4.26. The molecule has 1 amide bonds. The fraction of sp³-hybridized carbons (Fsp3) is 0.789. The SMILES string of the molecule is CNC(=O)c1ccn([C@@H]2CCCN(CCC3CCCCCC3)C2)n1. The maximum atomic E-state index is 11.7. The molecule has 1 N–H and O–H groups in total. The van der Waals surface area contributed by atoms with Crippen LogP contribution in [0.4, 0.5) is 0 Å². The average Bonchev–Trinajstić information content (AvgIpc) is 2.97. The van der Waals surface area contributed by atoms with Crippen LogP contribution in [0.25, 0.3) is 0 Å². The van der Waals surface area contributed by atoms with Crippen LogP contribution in [0.15, 0.2) is 12.3 Å². The van der Waals surface area contributed by atoms with Crippen LogP contribution in [0.5, 0.6) is 0 Å². The topological polar surface area (TPSA) is 50.2 Å². The number of likely N-dealkylation sites (tertiary alicyclic amines) is 1. The van der Waals surface area contributed by atoms with Gasteiger partial charge in [-0.3, -0.25) is 9.48 Å². The first-order valence-electron chi connectivity index (χ1n) is 9.76. The van der Waals surface area contributed by atoms with Crippen molar-refractivity contribution in [3.05, 3.63) is 18.0 Å². The summed E-state index contributed by atoms with van der Waals surface area (Å²) in [5.74, 6) is 0.840. The largest absolute Gasteiger partial charge is 0.354 e. The van der Waals surface area contributed by atoms with Gasteiger partial charge in [0.15, 0.2) is 0 Å². The van der Waals surface area contributed by atoms with Gasteiger partial charge in [0.05, 0.1) is 6.04 Å². The molecule has 3 rings (SSSR count). The van der Waals surface area contributed by atoms with Gasteiger partial charge in [0.25, 0.3) is 5.91 Å². The Bertz CT molecular complexity index is 519. The molecule has 1 saturated carbocycles. The third kappa shape index (κ3) is 4.59. The molecule has 1 aromatic rings. The smallest absolute Gasteiger partial charge is 0.271 e. The second-order valence-electron chi connectivity index (χ2n) is 7.50. The van der Waals surface area contributed by atoms with E-state index >= 15 is 0 Å². The lowest BCUT2D eigenvalue weighted by molar-refractivity contribution is 0.0955. The molecule has 5 heteroatoms. The van der Waals surface area contributed by atoms with Crippen molar-refractivity contribution in [2.45, 2.75) is 63.8 Å². The van der Waals surface area contributed by atoms with Crippen molar-refractivity contribution in [1.29, 1.82) is 0 Å². The summed E-state index contributed by atoms with van der Waals surface area (Å²) in [5, 5.41) is 7.12. The van der Waals surface area contributed by atoms with Crippen molar-refractivity contribution in [1.82, 2.24) is 20.0 Å². The Kier molecular flexibility index (Phi) is 6.30. The standard InChI is InChI=1S/C19H32N4O/c1-20-19(24)18-11-14-23(21-18)17-9-6-12-22(15-17)13-10-16-7-4-2-3-5-8-16/h11,14,16-17H,2-10,12-13,15H2,1H3,(H,20,24)/t17-/m1/s1. The van der Waals surface area contributed by atoms with E-state index in [1.807, 2.05) is 16.9 Å². The number of nitrogens with one attached hydrogen (secondary N) is 1. The quantitative estimate of drug-likeness (QED) is 0.842. The Morgan fingerprint density at radius 3 is 2.75 bits per heavy atom. The van der Waals surface area contributed by atoms with Crippen LogP contribution in [0.1, 0.15) is 74.3 Å². The third-order valence-corrected chi connectivity index (χ3v) is 5.75. The van der Waals surface area contributed by atoms with E-state index in [-0.39, 0.29) is 5.91 Å². The summed E-state index contributed by atoms with van der Waals surface area (Å²) in [4.78, 5) is 14.3. The van der Waals surface area contributed by atoms with Crippen molar-refractivity contribution in [3.8, 4) is 0 Å². The lowest BCUT2D eigenvalue weighted by Crippen LogP contribution is -2.38. The first kappa shape index (κ1) is 17.5. The maximum absolute atomic E-state index is 11.7. The van der Waals surface area contributed by atoms with Gasteiger partial charge in [0, 0.05) is 19.8 Å². The zero-order valence-corrected chi connectivity index (χ0v) is 15.0. The highest BCUT2D eigenvalue weighted by Gasteiger charge is 2.23. The van der Waals surface area contributed by atoms with Crippen molar-refractivity contribution in [2.24, 2.45) is 5.92 Å². The van der Waals surface area contributed by atoms with Gasteiger partial charge in [-0.05, 0) is 44.3 Å². The molecule has 1 aromatic heterocycles. The monoisotopic (exact) mass is 332 g/mol. The Labute approximate surface area is 145 Å². The van der Waals surface area contributed by atoms with Gasteiger partial charge in [-0.2, -0.15) is 5.10 Å². The molecule has 1 saturated heterocycles. The first-order chi connectivity index (χ1) is 11.8. The van der Waals surface area contributed by atoms with E-state index in [1.54, 1.807) is 7.05 Å².